The normalized spacial score (nSPS) is 7.79. The number of nitrogens with one attached hydrogen (secondary N) is 1. The van der Waals surface area contributed by atoms with E-state index < -0.39 is 0 Å². The Morgan fingerprint density at radius 1 is 1.36 bits per heavy atom. The van der Waals surface area contributed by atoms with E-state index in [4.69, 9.17) is 0 Å². The molecule has 0 fully saturated rings. The maximum atomic E-state index is 11.1. The maximum Gasteiger partial charge on any atom is 1.00 e. The summed E-state index contributed by atoms with van der Waals surface area (Å²) in [6.45, 7) is 9.14. The Morgan fingerprint density at radius 2 is 1.86 bits per heavy atom. The Morgan fingerprint density at radius 3 is 2.14 bits per heavy atom. The molecule has 0 aromatic rings. The van der Waals surface area contributed by atoms with E-state index in [-0.39, 0.29) is 64.2 Å². The van der Waals surface area contributed by atoms with Gasteiger partial charge < -0.3 is 15.8 Å². The number of rotatable bonds is 4. The van der Waals surface area contributed by atoms with Crippen LogP contribution in [-0.2, 0) is 0 Å². The number of hydrogen-bond acceptors (Lipinski definition) is 2. The molecule has 4 nitrogen and oxygen atoms in total. The van der Waals surface area contributed by atoms with E-state index in [2.05, 4.69) is 10.7 Å². The zero-order valence-electron chi connectivity index (χ0n) is 10.4. The van der Waals surface area contributed by atoms with Gasteiger partial charge >= 0.3 is 58.2 Å². The molecule has 0 bridgehead atoms. The van der Waals surface area contributed by atoms with Crippen LogP contribution in [-0.4, -0.2) is 31.2 Å². The van der Waals surface area contributed by atoms with Crippen molar-refractivity contribution in [1.82, 2.24) is 10.4 Å². The van der Waals surface area contributed by atoms with Crippen LogP contribution in [0.1, 0.15) is 34.1 Å². The van der Waals surface area contributed by atoms with Crippen molar-refractivity contribution < 1.29 is 63.0 Å². The van der Waals surface area contributed by atoms with Crippen molar-refractivity contribution in [3.63, 3.8) is 0 Å². The summed E-state index contributed by atoms with van der Waals surface area (Å²) in [4.78, 5) is 11.1. The molecule has 0 unspecified atom stereocenters. The number of carbonyl (C=O) groups is 1. The molecule has 0 aliphatic heterocycles. The molecule has 5 heteroatoms. The van der Waals surface area contributed by atoms with Gasteiger partial charge in [0.05, 0.1) is 0 Å². The first-order chi connectivity index (χ1) is 6.26. The summed E-state index contributed by atoms with van der Waals surface area (Å²) in [6, 6.07) is -0.183. The maximum absolute atomic E-state index is 11.1. The number of urea groups is 1. The van der Waals surface area contributed by atoms with Gasteiger partial charge in [-0.3, -0.25) is 4.79 Å². The molecule has 14 heavy (non-hydrogen) atoms. The van der Waals surface area contributed by atoms with Gasteiger partial charge in [-0.15, -0.1) is 0 Å². The first-order valence-electron chi connectivity index (χ1n) is 4.92. The smallest absolute Gasteiger partial charge is 0.430 e. The molecule has 0 aromatic heterocycles. The van der Waals surface area contributed by atoms with Crippen LogP contribution in [0.25, 0.3) is 5.32 Å². The summed E-state index contributed by atoms with van der Waals surface area (Å²) in [6.07, 6.45) is 0.910. The van der Waals surface area contributed by atoms with Crippen molar-refractivity contribution in [2.75, 3.05) is 20.1 Å². The standard InChI is InChI=1S/C7H17N3O.C2H6.Rb/c1-4-6-9-7(11)10(5-2)8-3;1-2;/h8H,4-6H2,1-3H3,(H,9,11);1-2H3;/q;;+1/p-1. The molecule has 0 aliphatic rings. The van der Waals surface area contributed by atoms with Gasteiger partial charge in [-0.2, -0.15) is 0 Å². The summed E-state index contributed by atoms with van der Waals surface area (Å²) in [5.41, 5.74) is 2.75. The van der Waals surface area contributed by atoms with Crippen LogP contribution in [0.4, 0.5) is 4.79 Å². The molecule has 80 valence electrons. The minimum Gasteiger partial charge on any atom is -0.430 e. The fourth-order valence-electron chi connectivity index (χ4n) is 0.682. The molecule has 0 saturated carbocycles. The van der Waals surface area contributed by atoms with Crippen molar-refractivity contribution >= 4 is 6.03 Å². The molecule has 0 rings (SSSR count). The summed E-state index contributed by atoms with van der Waals surface area (Å²) in [5.74, 6) is 0. The second-order valence-corrected chi connectivity index (χ2v) is 2.13. The van der Waals surface area contributed by atoms with Crippen LogP contribution in [0.5, 0.6) is 0 Å². The average molecular weight is 274 g/mol. The minimum atomic E-state index is -0.183. The van der Waals surface area contributed by atoms with E-state index in [9.17, 15) is 4.79 Å². The fraction of sp³-hybridized carbons (Fsp3) is 0.889. The van der Waals surface area contributed by atoms with Gasteiger partial charge in [0, 0.05) is 0 Å². The van der Waals surface area contributed by atoms with E-state index in [0.29, 0.717) is 13.1 Å². The van der Waals surface area contributed by atoms with Gasteiger partial charge in [-0.05, 0) is 20.1 Å². The van der Waals surface area contributed by atoms with Crippen molar-refractivity contribution in [2.45, 2.75) is 34.1 Å². The minimum absolute atomic E-state index is 0. The predicted molar refractivity (Wildman–Crippen MR) is 56.7 cm³/mol. The Kier molecular flexibility index (Phi) is 24.0. The quantitative estimate of drug-likeness (QED) is 0.694. The van der Waals surface area contributed by atoms with Gasteiger partial charge in [0.15, 0.2) is 6.03 Å². The van der Waals surface area contributed by atoms with Crippen LogP contribution in [0, 0.1) is 0 Å². The average Bonchev–Trinajstić information content (AvgIpc) is 2.19. The molecule has 0 spiro atoms. The van der Waals surface area contributed by atoms with Crippen LogP contribution < -0.4 is 63.6 Å². The van der Waals surface area contributed by atoms with Gasteiger partial charge in [0.2, 0.25) is 0 Å². The number of nitrogens with zero attached hydrogens (tertiary/aromatic N) is 2. The van der Waals surface area contributed by atoms with E-state index in [1.165, 1.54) is 5.01 Å². The Balaban J connectivity index is -0.000000376. The fourth-order valence-corrected chi connectivity index (χ4v) is 0.682. The molecule has 2 amide bonds. The summed E-state index contributed by atoms with van der Waals surface area (Å²) in [7, 11) is 1.71. The van der Waals surface area contributed by atoms with E-state index >= 15 is 0 Å². The van der Waals surface area contributed by atoms with Gasteiger partial charge in [-0.1, -0.05) is 34.1 Å². The second kappa shape index (κ2) is 16.5. The zero-order chi connectivity index (χ0) is 10.7. The Labute approximate surface area is 137 Å². The topological polar surface area (TPSA) is 46.4 Å². The molecule has 0 heterocycles. The summed E-state index contributed by atoms with van der Waals surface area (Å²) < 4.78 is 0. The van der Waals surface area contributed by atoms with Crippen LogP contribution in [0.2, 0.25) is 0 Å². The molecule has 0 aromatic carbocycles. The number of hydrogen-bond donors (Lipinski definition) is 1. The van der Waals surface area contributed by atoms with Crippen molar-refractivity contribution in [3.05, 3.63) is 5.32 Å². The molecule has 0 radical (unpaired) electrons. The van der Waals surface area contributed by atoms with Gasteiger partial charge in [0.1, 0.15) is 0 Å². The van der Waals surface area contributed by atoms with E-state index in [1.54, 1.807) is 7.05 Å². The third kappa shape index (κ3) is 11.1. The third-order valence-corrected chi connectivity index (χ3v) is 1.29. The molecule has 0 saturated heterocycles. The predicted octanol–water partition coefficient (Wildman–Crippen LogP) is -0.623. The first kappa shape index (κ1) is 20.4. The van der Waals surface area contributed by atoms with Crippen molar-refractivity contribution in [2.24, 2.45) is 0 Å². The molecular formula is C9H22N3ORb. The van der Waals surface area contributed by atoms with Crippen LogP contribution >= 0.6 is 0 Å². The van der Waals surface area contributed by atoms with Crippen molar-refractivity contribution in [1.29, 1.82) is 0 Å². The summed E-state index contributed by atoms with van der Waals surface area (Å²) >= 11 is 0. The Bertz CT molecular complexity index is 119. The van der Waals surface area contributed by atoms with E-state index in [1.807, 2.05) is 27.7 Å². The largest absolute Gasteiger partial charge is 1.00 e. The SMILES string of the molecule is CC.CCC[N-]C(=O)N(CC)NC.[Rb+]. The number of amides is 2. The second-order valence-electron chi connectivity index (χ2n) is 2.13. The molecule has 0 aliphatic carbocycles. The van der Waals surface area contributed by atoms with Crippen molar-refractivity contribution in [3.8, 4) is 0 Å². The van der Waals surface area contributed by atoms with E-state index in [0.717, 1.165) is 6.42 Å². The third-order valence-electron chi connectivity index (χ3n) is 1.29. The van der Waals surface area contributed by atoms with Gasteiger partial charge in [-0.25, -0.2) is 0 Å². The molecular weight excluding hydrogens is 252 g/mol. The van der Waals surface area contributed by atoms with Gasteiger partial charge in [0.25, 0.3) is 0 Å². The Hall–Kier alpha value is 1.04. The molecule has 1 N–H and O–H groups in total. The molecule has 0 atom stereocenters. The van der Waals surface area contributed by atoms with Crippen LogP contribution in [0.3, 0.4) is 0 Å². The summed E-state index contributed by atoms with van der Waals surface area (Å²) in [5, 5.41) is 5.28. The number of hydrazine groups is 1. The first-order valence-corrected chi connectivity index (χ1v) is 4.92. The van der Waals surface area contributed by atoms with Crippen LogP contribution in [0.15, 0.2) is 0 Å². The zero-order valence-corrected chi connectivity index (χ0v) is 15.3. The number of carbonyl (C=O) groups excluding carboxylic acids is 1. The monoisotopic (exact) mass is 273 g/mol.